The zero-order chi connectivity index (χ0) is 15.3. The molecule has 0 saturated heterocycles. The van der Waals surface area contributed by atoms with Crippen molar-refractivity contribution < 1.29 is 13.2 Å². The summed E-state index contributed by atoms with van der Waals surface area (Å²) in [6.45, 7) is 2.12. The summed E-state index contributed by atoms with van der Waals surface area (Å²) in [5.41, 5.74) is 0.326. The maximum Gasteiger partial charge on any atom is 0.433 e. The Hall–Kier alpha value is -1.43. The van der Waals surface area contributed by atoms with E-state index in [1.54, 1.807) is 11.8 Å². The fourth-order valence-electron chi connectivity index (χ4n) is 1.97. The van der Waals surface area contributed by atoms with Crippen LogP contribution in [0, 0.1) is 6.20 Å². The van der Waals surface area contributed by atoms with Gasteiger partial charge >= 0.3 is 6.18 Å². The second-order valence-corrected chi connectivity index (χ2v) is 5.85. The second kappa shape index (κ2) is 7.02. The van der Waals surface area contributed by atoms with E-state index in [1.807, 2.05) is 29.4 Å². The highest BCUT2D eigenvalue weighted by atomic mass is 32.2. The van der Waals surface area contributed by atoms with Crippen LogP contribution in [0.25, 0.3) is 0 Å². The van der Waals surface area contributed by atoms with Gasteiger partial charge in [-0.15, -0.1) is 11.8 Å². The van der Waals surface area contributed by atoms with Gasteiger partial charge in [0.05, 0.1) is 0 Å². The minimum Gasteiger partial charge on any atom is -0.273 e. The van der Waals surface area contributed by atoms with Gasteiger partial charge in [-0.2, -0.15) is 18.3 Å². The first-order chi connectivity index (χ1) is 10.0. The summed E-state index contributed by atoms with van der Waals surface area (Å²) < 4.78 is 38.1. The molecule has 1 heterocycles. The number of nitrogens with zero attached hydrogens (tertiary/aromatic N) is 1. The van der Waals surface area contributed by atoms with Crippen LogP contribution >= 0.6 is 11.8 Å². The van der Waals surface area contributed by atoms with Crippen LogP contribution in [0.15, 0.2) is 29.2 Å². The smallest absolute Gasteiger partial charge is 0.273 e. The number of alkyl halides is 3. The van der Waals surface area contributed by atoms with E-state index in [2.05, 4.69) is 18.2 Å². The first kappa shape index (κ1) is 15.9. The van der Waals surface area contributed by atoms with Crippen molar-refractivity contribution in [2.24, 2.45) is 0 Å². The van der Waals surface area contributed by atoms with Crippen molar-refractivity contribution in [3.63, 3.8) is 0 Å². The van der Waals surface area contributed by atoms with E-state index >= 15 is 0 Å². The lowest BCUT2D eigenvalue weighted by Crippen LogP contribution is -2.09. The summed E-state index contributed by atoms with van der Waals surface area (Å²) in [5.74, 6) is 1.04. The molecule has 0 atom stereocenters. The van der Waals surface area contributed by atoms with E-state index in [0.29, 0.717) is 6.42 Å². The Morgan fingerprint density at radius 3 is 2.81 bits per heavy atom. The molecule has 113 valence electrons. The Morgan fingerprint density at radius 1 is 1.29 bits per heavy atom. The average Bonchev–Trinajstić information content (AvgIpc) is 2.92. The molecule has 0 fully saturated rings. The topological polar surface area (TPSA) is 28.7 Å². The average molecular weight is 313 g/mol. The van der Waals surface area contributed by atoms with Gasteiger partial charge in [0.25, 0.3) is 0 Å². The van der Waals surface area contributed by atoms with Crippen LogP contribution in [-0.2, 0) is 19.0 Å². The highest BCUT2D eigenvalue weighted by molar-refractivity contribution is 7.99. The lowest BCUT2D eigenvalue weighted by atomic mass is 10.0. The first-order valence-electron chi connectivity index (χ1n) is 6.74. The number of hydrogen-bond donors (Lipinski definition) is 1. The fraction of sp³-hybridized carbons (Fsp3) is 0.400. The van der Waals surface area contributed by atoms with Crippen LogP contribution in [0.3, 0.4) is 0 Å². The summed E-state index contributed by atoms with van der Waals surface area (Å²) in [7, 11) is 0. The summed E-state index contributed by atoms with van der Waals surface area (Å²) >= 11 is 1.76. The van der Waals surface area contributed by atoms with Gasteiger partial charge in [-0.25, -0.2) is 0 Å². The number of thioether (sulfide) groups is 1. The maximum absolute atomic E-state index is 12.7. The first-order valence-corrected chi connectivity index (χ1v) is 7.73. The van der Waals surface area contributed by atoms with Crippen molar-refractivity contribution in [2.45, 2.75) is 37.3 Å². The van der Waals surface area contributed by atoms with Crippen LogP contribution in [0.1, 0.15) is 30.2 Å². The van der Waals surface area contributed by atoms with E-state index < -0.39 is 11.9 Å². The number of aromatic nitrogens is 2. The van der Waals surface area contributed by atoms with Crippen LogP contribution in [-0.4, -0.2) is 16.0 Å². The highest BCUT2D eigenvalue weighted by Gasteiger charge is 2.35. The van der Waals surface area contributed by atoms with E-state index in [0.717, 1.165) is 22.6 Å². The molecule has 2 nitrogen and oxygen atoms in total. The van der Waals surface area contributed by atoms with E-state index in [4.69, 9.17) is 0 Å². The lowest BCUT2D eigenvalue weighted by molar-refractivity contribution is -0.141. The third kappa shape index (κ3) is 4.52. The largest absolute Gasteiger partial charge is 0.433 e. The van der Waals surface area contributed by atoms with Gasteiger partial charge in [-0.1, -0.05) is 19.1 Å². The van der Waals surface area contributed by atoms with Gasteiger partial charge < -0.3 is 0 Å². The Labute approximate surface area is 126 Å². The molecule has 1 aromatic carbocycles. The Bertz CT molecular complexity index is 578. The molecule has 0 aliphatic rings. The molecule has 2 rings (SSSR count). The van der Waals surface area contributed by atoms with Crippen LogP contribution in [0.4, 0.5) is 13.2 Å². The predicted octanol–water partition coefficient (Wildman–Crippen LogP) is 4.52. The summed E-state index contributed by atoms with van der Waals surface area (Å²) in [6, 6.07) is 7.93. The highest BCUT2D eigenvalue weighted by Crippen LogP contribution is 2.30. The molecular formula is C15H16F3N2S. The number of rotatable bonds is 6. The lowest BCUT2D eigenvalue weighted by Gasteiger charge is -2.07. The molecule has 1 radical (unpaired) electrons. The van der Waals surface area contributed by atoms with Crippen LogP contribution in [0.2, 0.25) is 0 Å². The van der Waals surface area contributed by atoms with Crippen LogP contribution < -0.4 is 0 Å². The number of benzene rings is 1. The number of hydrogen-bond acceptors (Lipinski definition) is 2. The normalized spacial score (nSPS) is 11.8. The van der Waals surface area contributed by atoms with Crippen LogP contribution in [0.5, 0.6) is 0 Å². The quantitative estimate of drug-likeness (QED) is 0.795. The molecule has 1 aromatic heterocycles. The van der Waals surface area contributed by atoms with Gasteiger partial charge in [-0.3, -0.25) is 5.10 Å². The zero-order valence-electron chi connectivity index (χ0n) is 11.6. The fourth-order valence-corrected chi connectivity index (χ4v) is 2.82. The number of aryl methyl sites for hydroxylation is 2. The Balaban J connectivity index is 2.02. The van der Waals surface area contributed by atoms with E-state index in [1.165, 1.54) is 0 Å². The molecule has 0 amide bonds. The predicted molar refractivity (Wildman–Crippen MR) is 77.3 cm³/mol. The standard InChI is InChI=1S/C15H16F3N2S/c1-2-8-21-13-5-3-4-11(9-13)6-7-12-10-19-20-14(12)15(16,17)18/h3-5,9H,2,6-8H2,1H3,(H,19,20). The van der Waals surface area contributed by atoms with Gasteiger partial charge in [0.15, 0.2) is 0 Å². The third-order valence-corrected chi connectivity index (χ3v) is 4.18. The van der Waals surface area contributed by atoms with E-state index in [9.17, 15) is 13.2 Å². The van der Waals surface area contributed by atoms with Crippen molar-refractivity contribution in [3.05, 3.63) is 47.3 Å². The van der Waals surface area contributed by atoms with Crippen molar-refractivity contribution in [3.8, 4) is 0 Å². The number of halogens is 3. The zero-order valence-corrected chi connectivity index (χ0v) is 12.4. The number of nitrogens with one attached hydrogen (secondary N) is 1. The SMILES string of the molecule is CCCSc1cccc(CCc2[c]n[nH]c2C(F)(F)F)c1. The molecule has 0 saturated carbocycles. The molecule has 0 spiro atoms. The molecule has 21 heavy (non-hydrogen) atoms. The number of H-pyrrole nitrogens is 1. The summed E-state index contributed by atoms with van der Waals surface area (Å²) in [6.07, 6.45) is -0.0975. The molecule has 1 N–H and O–H groups in total. The van der Waals surface area contributed by atoms with Gasteiger partial charge in [0, 0.05) is 10.5 Å². The van der Waals surface area contributed by atoms with Crippen molar-refractivity contribution in [1.29, 1.82) is 0 Å². The van der Waals surface area contributed by atoms with Crippen molar-refractivity contribution in [1.82, 2.24) is 10.2 Å². The molecule has 6 heteroatoms. The van der Waals surface area contributed by atoms with Gasteiger partial charge in [-0.05, 0) is 42.7 Å². The summed E-state index contributed by atoms with van der Waals surface area (Å²) in [4.78, 5) is 1.15. The third-order valence-electron chi connectivity index (χ3n) is 2.98. The molecule has 0 aliphatic carbocycles. The minimum atomic E-state index is -4.40. The Kier molecular flexibility index (Phi) is 5.33. The second-order valence-electron chi connectivity index (χ2n) is 4.68. The maximum atomic E-state index is 12.7. The Morgan fingerprint density at radius 2 is 2.10 bits per heavy atom. The summed E-state index contributed by atoms with van der Waals surface area (Å²) in [5, 5.41) is 5.37. The van der Waals surface area contributed by atoms with Crippen molar-refractivity contribution in [2.75, 3.05) is 5.75 Å². The minimum absolute atomic E-state index is 0.0918. The monoisotopic (exact) mass is 313 g/mol. The molecular weight excluding hydrogens is 297 g/mol. The van der Waals surface area contributed by atoms with Gasteiger partial charge in [0.2, 0.25) is 0 Å². The van der Waals surface area contributed by atoms with E-state index in [-0.39, 0.29) is 12.0 Å². The van der Waals surface area contributed by atoms with Gasteiger partial charge in [0.1, 0.15) is 11.9 Å². The molecule has 0 aliphatic heterocycles. The molecule has 0 bridgehead atoms. The number of aromatic amines is 1. The molecule has 2 aromatic rings. The molecule has 0 unspecified atom stereocenters. The van der Waals surface area contributed by atoms with Crippen molar-refractivity contribution >= 4 is 11.8 Å².